The van der Waals surface area contributed by atoms with Crippen molar-refractivity contribution < 1.29 is 18.7 Å². The number of alkyl halides is 2. The van der Waals surface area contributed by atoms with E-state index in [9.17, 15) is 18.7 Å². The van der Waals surface area contributed by atoms with Crippen LogP contribution in [0.25, 0.3) is 0 Å². The van der Waals surface area contributed by atoms with E-state index in [1.807, 2.05) is 0 Å². The fourth-order valence-electron chi connectivity index (χ4n) is 2.54. The van der Waals surface area contributed by atoms with E-state index in [0.29, 0.717) is 11.8 Å². The van der Waals surface area contributed by atoms with Crippen molar-refractivity contribution in [3.8, 4) is 0 Å². The first kappa shape index (κ1) is 15.3. The van der Waals surface area contributed by atoms with E-state index in [4.69, 9.17) is 0 Å². The molecule has 0 aliphatic heterocycles. The van der Waals surface area contributed by atoms with Gasteiger partial charge < -0.3 is 10.4 Å². The lowest BCUT2D eigenvalue weighted by Gasteiger charge is -2.19. The minimum atomic E-state index is -2.55. The molecule has 2 rings (SSSR count). The van der Waals surface area contributed by atoms with Crippen LogP contribution < -0.4 is 5.32 Å². The highest BCUT2D eigenvalue weighted by Gasteiger charge is 2.28. The molecule has 110 valence electrons. The molecule has 1 amide bonds. The first-order valence-corrected chi connectivity index (χ1v) is 7.45. The summed E-state index contributed by atoms with van der Waals surface area (Å²) in [6.45, 7) is 0.0401. The predicted molar refractivity (Wildman–Crippen MR) is 74.0 cm³/mol. The van der Waals surface area contributed by atoms with Gasteiger partial charge in [-0.25, -0.2) is 0 Å². The first-order valence-electron chi connectivity index (χ1n) is 6.57. The van der Waals surface area contributed by atoms with Gasteiger partial charge in [-0.05, 0) is 25.0 Å². The summed E-state index contributed by atoms with van der Waals surface area (Å²) < 4.78 is 25.0. The van der Waals surface area contributed by atoms with E-state index in [1.165, 1.54) is 6.07 Å². The number of hydrogen-bond acceptors (Lipinski definition) is 3. The zero-order valence-electron chi connectivity index (χ0n) is 10.9. The van der Waals surface area contributed by atoms with Crippen LogP contribution in [-0.2, 0) is 0 Å². The topological polar surface area (TPSA) is 49.3 Å². The summed E-state index contributed by atoms with van der Waals surface area (Å²) >= 11 is 0.374. The fraction of sp³-hybridized carbons (Fsp3) is 0.500. The molecule has 1 aliphatic rings. The summed E-state index contributed by atoms with van der Waals surface area (Å²) in [7, 11) is 0. The smallest absolute Gasteiger partial charge is 0.288 e. The molecule has 2 atom stereocenters. The summed E-state index contributed by atoms with van der Waals surface area (Å²) in [5, 5.41) is 12.1. The highest BCUT2D eigenvalue weighted by atomic mass is 32.2. The van der Waals surface area contributed by atoms with Crippen LogP contribution in [0.2, 0.25) is 0 Å². The lowest BCUT2D eigenvalue weighted by atomic mass is 10.0. The van der Waals surface area contributed by atoms with Crippen LogP contribution in [0.5, 0.6) is 0 Å². The Balaban J connectivity index is 2.09. The van der Waals surface area contributed by atoms with E-state index in [0.717, 1.165) is 19.3 Å². The number of aliphatic hydroxyl groups excluding tert-OH is 1. The van der Waals surface area contributed by atoms with Crippen LogP contribution in [-0.4, -0.2) is 29.4 Å². The number of halogens is 2. The van der Waals surface area contributed by atoms with E-state index < -0.39 is 5.76 Å². The molecule has 1 fully saturated rings. The number of amides is 1. The number of benzene rings is 1. The van der Waals surface area contributed by atoms with Crippen molar-refractivity contribution >= 4 is 17.7 Å². The van der Waals surface area contributed by atoms with Gasteiger partial charge in [0.1, 0.15) is 0 Å². The summed E-state index contributed by atoms with van der Waals surface area (Å²) in [6.07, 6.45) is 2.67. The second-order valence-electron chi connectivity index (χ2n) is 4.83. The molecule has 2 unspecified atom stereocenters. The summed E-state index contributed by atoms with van der Waals surface area (Å²) in [5.74, 6) is -2.84. The van der Waals surface area contributed by atoms with Crippen molar-refractivity contribution in [1.82, 2.24) is 5.32 Å². The standard InChI is InChI=1S/C14H17F2NO2S/c15-14(16)20-12-7-2-1-5-10(12)13(19)17-11-6-3-4-9(11)8-18/h1-2,5,7,9,11,14,18H,3-4,6,8H2,(H,17,19). The zero-order chi connectivity index (χ0) is 14.5. The Hall–Kier alpha value is -1.14. The summed E-state index contributed by atoms with van der Waals surface area (Å²) in [5.41, 5.74) is 0.265. The number of carbonyl (C=O) groups excluding carboxylic acids is 1. The third kappa shape index (κ3) is 3.70. The molecule has 0 heterocycles. The third-order valence-corrected chi connectivity index (χ3v) is 4.35. The molecule has 0 aromatic heterocycles. The van der Waals surface area contributed by atoms with E-state index >= 15 is 0 Å². The molecule has 1 aromatic rings. The lowest BCUT2D eigenvalue weighted by Crippen LogP contribution is -2.38. The molecule has 0 bridgehead atoms. The second-order valence-corrected chi connectivity index (χ2v) is 5.86. The second kappa shape index (κ2) is 7.04. The molecule has 1 aliphatic carbocycles. The molecule has 0 radical (unpaired) electrons. The Labute approximate surface area is 120 Å². The van der Waals surface area contributed by atoms with Crippen molar-refractivity contribution in [2.45, 2.75) is 36.0 Å². The van der Waals surface area contributed by atoms with E-state index in [1.54, 1.807) is 18.2 Å². The maximum atomic E-state index is 12.5. The van der Waals surface area contributed by atoms with Gasteiger partial charge in [0, 0.05) is 23.5 Å². The Morgan fingerprint density at radius 1 is 1.40 bits per heavy atom. The van der Waals surface area contributed by atoms with Crippen LogP contribution in [0.3, 0.4) is 0 Å². The minimum absolute atomic E-state index is 0.0401. The molecule has 2 N–H and O–H groups in total. The van der Waals surface area contributed by atoms with Gasteiger partial charge in [0.25, 0.3) is 11.7 Å². The number of thioether (sulfide) groups is 1. The van der Waals surface area contributed by atoms with Gasteiger partial charge in [0.15, 0.2) is 0 Å². The van der Waals surface area contributed by atoms with Gasteiger partial charge in [-0.15, -0.1) is 0 Å². The van der Waals surface area contributed by atoms with Gasteiger partial charge >= 0.3 is 0 Å². The minimum Gasteiger partial charge on any atom is -0.396 e. The largest absolute Gasteiger partial charge is 0.396 e. The van der Waals surface area contributed by atoms with Gasteiger partial charge in [-0.3, -0.25) is 4.79 Å². The third-order valence-electron chi connectivity index (χ3n) is 3.56. The Kier molecular flexibility index (Phi) is 5.37. The first-order chi connectivity index (χ1) is 9.61. The molecule has 0 saturated heterocycles. The Morgan fingerprint density at radius 2 is 2.15 bits per heavy atom. The van der Waals surface area contributed by atoms with Crippen molar-refractivity contribution in [2.24, 2.45) is 5.92 Å². The van der Waals surface area contributed by atoms with E-state index in [-0.39, 0.29) is 34.9 Å². The number of carbonyl (C=O) groups is 1. The molecular formula is C14H17F2NO2S. The highest BCUT2D eigenvalue weighted by Crippen LogP contribution is 2.29. The van der Waals surface area contributed by atoms with Gasteiger partial charge in [0.2, 0.25) is 0 Å². The molecule has 1 saturated carbocycles. The Bertz CT molecular complexity index is 470. The molecule has 0 spiro atoms. The quantitative estimate of drug-likeness (QED) is 0.822. The highest BCUT2D eigenvalue weighted by molar-refractivity contribution is 7.99. The number of rotatable bonds is 5. The Morgan fingerprint density at radius 3 is 2.85 bits per heavy atom. The lowest BCUT2D eigenvalue weighted by molar-refractivity contribution is 0.0913. The van der Waals surface area contributed by atoms with Crippen LogP contribution >= 0.6 is 11.8 Å². The number of hydrogen-bond donors (Lipinski definition) is 2. The maximum absolute atomic E-state index is 12.5. The maximum Gasteiger partial charge on any atom is 0.288 e. The van der Waals surface area contributed by atoms with Crippen LogP contribution in [0.15, 0.2) is 29.2 Å². The number of nitrogens with one attached hydrogen (secondary N) is 1. The van der Waals surface area contributed by atoms with Gasteiger partial charge in [-0.1, -0.05) is 30.3 Å². The van der Waals surface area contributed by atoms with Crippen LogP contribution in [0.1, 0.15) is 29.6 Å². The van der Waals surface area contributed by atoms with Crippen molar-refractivity contribution in [1.29, 1.82) is 0 Å². The summed E-state index contributed by atoms with van der Waals surface area (Å²) in [6, 6.07) is 6.28. The monoisotopic (exact) mass is 301 g/mol. The molecule has 1 aromatic carbocycles. The van der Waals surface area contributed by atoms with Crippen LogP contribution in [0.4, 0.5) is 8.78 Å². The number of aliphatic hydroxyl groups is 1. The average molecular weight is 301 g/mol. The van der Waals surface area contributed by atoms with Gasteiger partial charge in [-0.2, -0.15) is 8.78 Å². The van der Waals surface area contributed by atoms with Crippen LogP contribution in [0, 0.1) is 5.92 Å². The van der Waals surface area contributed by atoms with Crippen molar-refractivity contribution in [2.75, 3.05) is 6.61 Å². The van der Waals surface area contributed by atoms with Crippen molar-refractivity contribution in [3.63, 3.8) is 0 Å². The fourth-order valence-corrected chi connectivity index (χ4v) is 3.18. The zero-order valence-corrected chi connectivity index (χ0v) is 11.7. The SMILES string of the molecule is O=C(NC1CCCC1CO)c1ccccc1SC(F)F. The van der Waals surface area contributed by atoms with E-state index in [2.05, 4.69) is 5.32 Å². The summed E-state index contributed by atoms with van der Waals surface area (Å²) in [4.78, 5) is 12.5. The molecule has 6 heteroatoms. The van der Waals surface area contributed by atoms with Crippen molar-refractivity contribution in [3.05, 3.63) is 29.8 Å². The molecule has 20 heavy (non-hydrogen) atoms. The average Bonchev–Trinajstić information content (AvgIpc) is 2.85. The molecular weight excluding hydrogens is 284 g/mol. The predicted octanol–water partition coefficient (Wildman–Crippen LogP) is 2.89. The molecule has 3 nitrogen and oxygen atoms in total. The van der Waals surface area contributed by atoms with Gasteiger partial charge in [0.05, 0.1) is 5.56 Å². The normalized spacial score (nSPS) is 22.2.